The largest absolute Gasteiger partial charge is 0.497 e. The number of benzene rings is 1. The van der Waals surface area contributed by atoms with Crippen molar-refractivity contribution >= 4 is 15.9 Å². The lowest BCUT2D eigenvalue weighted by Gasteiger charge is -2.10. The molecule has 1 aromatic carbocycles. The van der Waals surface area contributed by atoms with E-state index < -0.39 is 0 Å². The highest BCUT2D eigenvalue weighted by atomic mass is 79.9. The van der Waals surface area contributed by atoms with Crippen LogP contribution in [0.5, 0.6) is 11.5 Å². The van der Waals surface area contributed by atoms with Crippen molar-refractivity contribution in [3.05, 3.63) is 40.6 Å². The van der Waals surface area contributed by atoms with Crippen LogP contribution in [-0.4, -0.2) is 16.9 Å². The summed E-state index contributed by atoms with van der Waals surface area (Å²) >= 11 is 3.49. The Morgan fingerprint density at radius 1 is 1.29 bits per heavy atom. The molecule has 1 saturated carbocycles. The monoisotopic (exact) mass is 350 g/mol. The Balaban J connectivity index is 1.62. The average Bonchev–Trinajstić information content (AvgIpc) is 3.16. The number of rotatable bonds is 5. The third-order valence-corrected chi connectivity index (χ3v) is 4.50. The molecular weight excluding hydrogens is 332 g/mol. The van der Waals surface area contributed by atoms with Gasteiger partial charge >= 0.3 is 0 Å². The second-order valence-corrected chi connectivity index (χ2v) is 6.16. The van der Waals surface area contributed by atoms with Gasteiger partial charge < -0.3 is 9.47 Å². The summed E-state index contributed by atoms with van der Waals surface area (Å²) in [7, 11) is 1.65. The maximum Gasteiger partial charge on any atom is 0.134 e. The quantitative estimate of drug-likeness (QED) is 0.804. The SMILES string of the molecule is COc1ccc(OCc2ccn(C3CCCC3)n2)c(Br)c1. The summed E-state index contributed by atoms with van der Waals surface area (Å²) in [6.07, 6.45) is 7.18. The van der Waals surface area contributed by atoms with Crippen LogP contribution in [0.15, 0.2) is 34.9 Å². The van der Waals surface area contributed by atoms with Gasteiger partial charge in [0.15, 0.2) is 0 Å². The summed E-state index contributed by atoms with van der Waals surface area (Å²) in [5.74, 6) is 1.60. The number of nitrogens with zero attached hydrogens (tertiary/aromatic N) is 2. The van der Waals surface area contributed by atoms with Gasteiger partial charge in [0.25, 0.3) is 0 Å². The molecule has 0 amide bonds. The Bertz CT molecular complexity index is 606. The Labute approximate surface area is 133 Å². The Kier molecular flexibility index (Phi) is 4.48. The van der Waals surface area contributed by atoms with Gasteiger partial charge in [-0.3, -0.25) is 4.68 Å². The molecule has 5 heteroatoms. The van der Waals surface area contributed by atoms with Crippen LogP contribution in [0.3, 0.4) is 0 Å². The van der Waals surface area contributed by atoms with Gasteiger partial charge in [0.05, 0.1) is 23.3 Å². The van der Waals surface area contributed by atoms with Gasteiger partial charge in [0, 0.05) is 6.20 Å². The van der Waals surface area contributed by atoms with E-state index >= 15 is 0 Å². The molecule has 0 aliphatic heterocycles. The molecule has 3 rings (SSSR count). The van der Waals surface area contributed by atoms with Gasteiger partial charge in [-0.1, -0.05) is 12.8 Å². The van der Waals surface area contributed by atoms with E-state index in [2.05, 4.69) is 31.9 Å². The van der Waals surface area contributed by atoms with Crippen LogP contribution < -0.4 is 9.47 Å². The third-order valence-electron chi connectivity index (χ3n) is 3.88. The molecule has 21 heavy (non-hydrogen) atoms. The van der Waals surface area contributed by atoms with Crippen LogP contribution in [0, 0.1) is 0 Å². The van der Waals surface area contributed by atoms with Crippen molar-refractivity contribution in [3.8, 4) is 11.5 Å². The molecule has 2 aromatic rings. The maximum absolute atomic E-state index is 5.82. The molecule has 1 fully saturated rings. The van der Waals surface area contributed by atoms with E-state index in [0.29, 0.717) is 12.6 Å². The highest BCUT2D eigenvalue weighted by molar-refractivity contribution is 9.10. The number of ether oxygens (including phenoxy) is 2. The maximum atomic E-state index is 5.82. The lowest BCUT2D eigenvalue weighted by atomic mass is 10.3. The summed E-state index contributed by atoms with van der Waals surface area (Å²) in [4.78, 5) is 0. The minimum Gasteiger partial charge on any atom is -0.497 e. The number of halogens is 1. The van der Waals surface area contributed by atoms with Crippen LogP contribution in [0.1, 0.15) is 37.4 Å². The molecule has 0 N–H and O–H groups in total. The Morgan fingerprint density at radius 3 is 2.81 bits per heavy atom. The van der Waals surface area contributed by atoms with E-state index in [4.69, 9.17) is 9.47 Å². The fourth-order valence-electron chi connectivity index (χ4n) is 2.70. The smallest absolute Gasteiger partial charge is 0.134 e. The third kappa shape index (κ3) is 3.40. The van der Waals surface area contributed by atoms with Gasteiger partial charge in [-0.25, -0.2) is 0 Å². The number of aromatic nitrogens is 2. The fraction of sp³-hybridized carbons (Fsp3) is 0.438. The van der Waals surface area contributed by atoms with Gasteiger partial charge in [0.1, 0.15) is 18.1 Å². The van der Waals surface area contributed by atoms with Gasteiger partial charge in [-0.15, -0.1) is 0 Å². The van der Waals surface area contributed by atoms with Crippen molar-refractivity contribution in [2.45, 2.75) is 38.3 Å². The van der Waals surface area contributed by atoms with Crippen LogP contribution in [0.25, 0.3) is 0 Å². The van der Waals surface area contributed by atoms with Crippen LogP contribution in [0.2, 0.25) is 0 Å². The Morgan fingerprint density at radius 2 is 2.10 bits per heavy atom. The summed E-state index contributed by atoms with van der Waals surface area (Å²) < 4.78 is 14.0. The van der Waals surface area contributed by atoms with Crippen molar-refractivity contribution in [1.82, 2.24) is 9.78 Å². The van der Waals surface area contributed by atoms with E-state index in [-0.39, 0.29) is 0 Å². The molecule has 4 nitrogen and oxygen atoms in total. The zero-order valence-corrected chi connectivity index (χ0v) is 13.7. The molecule has 0 unspecified atom stereocenters. The lowest BCUT2D eigenvalue weighted by molar-refractivity contribution is 0.295. The molecule has 0 atom stereocenters. The van der Waals surface area contributed by atoms with Crippen LogP contribution >= 0.6 is 15.9 Å². The first-order valence-electron chi connectivity index (χ1n) is 7.26. The predicted molar refractivity (Wildman–Crippen MR) is 84.8 cm³/mol. The molecular formula is C16H19BrN2O2. The van der Waals surface area contributed by atoms with E-state index in [1.165, 1.54) is 25.7 Å². The van der Waals surface area contributed by atoms with E-state index in [0.717, 1.165) is 21.7 Å². The molecule has 0 spiro atoms. The van der Waals surface area contributed by atoms with Crippen molar-refractivity contribution in [2.75, 3.05) is 7.11 Å². The summed E-state index contributed by atoms with van der Waals surface area (Å²) in [6, 6.07) is 8.29. The molecule has 1 aliphatic rings. The fourth-order valence-corrected chi connectivity index (χ4v) is 3.18. The normalized spacial score (nSPS) is 15.3. The number of hydrogen-bond donors (Lipinski definition) is 0. The molecule has 0 radical (unpaired) electrons. The molecule has 1 aliphatic carbocycles. The predicted octanol–water partition coefficient (Wildman–Crippen LogP) is 4.35. The van der Waals surface area contributed by atoms with Crippen molar-refractivity contribution in [3.63, 3.8) is 0 Å². The second-order valence-electron chi connectivity index (χ2n) is 5.31. The molecule has 0 bridgehead atoms. The second kappa shape index (κ2) is 6.52. The molecule has 1 aromatic heterocycles. The van der Waals surface area contributed by atoms with Gasteiger partial charge in [-0.2, -0.15) is 5.10 Å². The number of methoxy groups -OCH3 is 1. The molecule has 0 saturated heterocycles. The zero-order valence-electron chi connectivity index (χ0n) is 12.1. The highest BCUT2D eigenvalue weighted by Gasteiger charge is 2.17. The minimum absolute atomic E-state index is 0.477. The first kappa shape index (κ1) is 14.4. The summed E-state index contributed by atoms with van der Waals surface area (Å²) in [5.41, 5.74) is 0.963. The first-order valence-corrected chi connectivity index (χ1v) is 8.06. The van der Waals surface area contributed by atoms with Crippen LogP contribution in [0.4, 0.5) is 0 Å². The van der Waals surface area contributed by atoms with Crippen molar-refractivity contribution in [1.29, 1.82) is 0 Å². The van der Waals surface area contributed by atoms with E-state index in [1.54, 1.807) is 7.11 Å². The zero-order chi connectivity index (χ0) is 14.7. The number of hydrogen-bond acceptors (Lipinski definition) is 3. The van der Waals surface area contributed by atoms with Crippen molar-refractivity contribution < 1.29 is 9.47 Å². The molecule has 112 valence electrons. The first-order chi connectivity index (χ1) is 10.3. The lowest BCUT2D eigenvalue weighted by Crippen LogP contribution is -2.06. The minimum atomic E-state index is 0.477. The summed E-state index contributed by atoms with van der Waals surface area (Å²) in [5, 5.41) is 4.62. The molecule has 1 heterocycles. The van der Waals surface area contributed by atoms with Crippen molar-refractivity contribution in [2.24, 2.45) is 0 Å². The average molecular weight is 351 g/mol. The van der Waals surface area contributed by atoms with Crippen LogP contribution in [-0.2, 0) is 6.61 Å². The highest BCUT2D eigenvalue weighted by Crippen LogP contribution is 2.30. The summed E-state index contributed by atoms with van der Waals surface area (Å²) in [6.45, 7) is 0.477. The standard InChI is InChI=1S/C16H19BrN2O2/c1-20-14-6-7-16(15(17)10-14)21-11-12-8-9-19(18-12)13-4-2-3-5-13/h6-10,13H,2-5,11H2,1H3. The van der Waals surface area contributed by atoms with E-state index in [1.807, 2.05) is 24.3 Å². The Hall–Kier alpha value is -1.49. The topological polar surface area (TPSA) is 36.3 Å². The van der Waals surface area contributed by atoms with Gasteiger partial charge in [0.2, 0.25) is 0 Å². The van der Waals surface area contributed by atoms with Gasteiger partial charge in [-0.05, 0) is 53.0 Å². The van der Waals surface area contributed by atoms with E-state index in [9.17, 15) is 0 Å².